The highest BCUT2D eigenvalue weighted by molar-refractivity contribution is 5.87. The molecule has 0 fully saturated rings. The summed E-state index contributed by atoms with van der Waals surface area (Å²) >= 11 is 0. The molecular weight excluding hydrogens is 422 g/mol. The van der Waals surface area contributed by atoms with E-state index >= 15 is 0 Å². The van der Waals surface area contributed by atoms with Gasteiger partial charge < -0.3 is 9.84 Å². The van der Waals surface area contributed by atoms with Crippen molar-refractivity contribution in [1.29, 1.82) is 0 Å². The first-order valence-electron chi connectivity index (χ1n) is 12.2. The lowest BCUT2D eigenvalue weighted by atomic mass is 9.62. The number of fused-ring (bicyclic) bond motifs is 1. The maximum absolute atomic E-state index is 11.2. The number of hydrogen-bond donors (Lipinski definition) is 1. The van der Waals surface area contributed by atoms with Gasteiger partial charge in [0.1, 0.15) is 5.75 Å². The van der Waals surface area contributed by atoms with Crippen molar-refractivity contribution in [3.8, 4) is 5.75 Å². The second kappa shape index (κ2) is 9.61. The maximum atomic E-state index is 11.2. The number of carbonyl (C=O) groups is 1. The first-order valence-corrected chi connectivity index (χ1v) is 12.2. The van der Waals surface area contributed by atoms with Gasteiger partial charge in [-0.15, -0.1) is 0 Å². The fraction of sp³-hybridized carbons (Fsp3) is 0.400. The Morgan fingerprint density at radius 1 is 0.941 bits per heavy atom. The summed E-state index contributed by atoms with van der Waals surface area (Å²) in [5.74, 6) is -0.0156. The van der Waals surface area contributed by atoms with Crippen LogP contribution in [0.25, 0.3) is 0 Å². The van der Waals surface area contributed by atoms with Crippen molar-refractivity contribution >= 4 is 5.97 Å². The number of aryl methyl sites for hydroxylation is 1. The Hall–Kier alpha value is -3.14. The van der Waals surface area contributed by atoms with Crippen molar-refractivity contribution < 1.29 is 14.6 Å². The fourth-order valence-electron chi connectivity index (χ4n) is 4.99. The quantitative estimate of drug-likeness (QED) is 0.399. The minimum absolute atomic E-state index is 0.157. The lowest BCUT2D eigenvalue weighted by Crippen LogP contribution is -2.34. The number of rotatable bonds is 8. The van der Waals surface area contributed by atoms with E-state index in [1.54, 1.807) is 24.3 Å². The minimum Gasteiger partial charge on any atom is -0.493 e. The van der Waals surface area contributed by atoms with Gasteiger partial charge in [-0.2, -0.15) is 0 Å². The summed E-state index contributed by atoms with van der Waals surface area (Å²) in [6.45, 7) is 9.96. The Balaban J connectivity index is 1.60. The van der Waals surface area contributed by atoms with Crippen LogP contribution in [0.15, 0.2) is 67.0 Å². The molecule has 4 heteroatoms. The Labute approximate surface area is 203 Å². The molecule has 1 N–H and O–H groups in total. The Morgan fingerprint density at radius 2 is 1.59 bits per heavy atom. The molecule has 4 rings (SSSR count). The third-order valence-corrected chi connectivity index (χ3v) is 7.43. The third kappa shape index (κ3) is 5.32. The number of carboxylic acids is 1. The molecule has 0 amide bonds. The van der Waals surface area contributed by atoms with Gasteiger partial charge in [-0.05, 0) is 95.2 Å². The molecule has 1 unspecified atom stereocenters. The summed E-state index contributed by atoms with van der Waals surface area (Å²) in [4.78, 5) is 15.3. The lowest BCUT2D eigenvalue weighted by molar-refractivity contribution is 0.0697. The largest absolute Gasteiger partial charge is 0.493 e. The molecule has 0 radical (unpaired) electrons. The average Bonchev–Trinajstić information content (AvgIpc) is 2.83. The smallest absolute Gasteiger partial charge is 0.335 e. The molecule has 34 heavy (non-hydrogen) atoms. The maximum Gasteiger partial charge on any atom is 0.335 e. The van der Waals surface area contributed by atoms with E-state index in [4.69, 9.17) is 9.84 Å². The van der Waals surface area contributed by atoms with Crippen LogP contribution in [0.1, 0.15) is 85.5 Å². The Bertz CT molecular complexity index is 1130. The number of hydrogen-bond acceptors (Lipinski definition) is 3. The predicted octanol–water partition coefficient (Wildman–Crippen LogP) is 6.92. The van der Waals surface area contributed by atoms with Gasteiger partial charge in [0.15, 0.2) is 0 Å². The molecule has 0 saturated carbocycles. The second-order valence-electron chi connectivity index (χ2n) is 10.8. The zero-order valence-corrected chi connectivity index (χ0v) is 20.7. The van der Waals surface area contributed by atoms with Gasteiger partial charge in [0.05, 0.1) is 12.2 Å². The van der Waals surface area contributed by atoms with Crippen LogP contribution < -0.4 is 4.74 Å². The molecule has 1 aliphatic carbocycles. The highest BCUT2D eigenvalue weighted by atomic mass is 16.5. The van der Waals surface area contributed by atoms with Crippen molar-refractivity contribution in [1.82, 2.24) is 4.98 Å². The topological polar surface area (TPSA) is 59.4 Å². The van der Waals surface area contributed by atoms with Crippen LogP contribution >= 0.6 is 0 Å². The van der Waals surface area contributed by atoms with E-state index in [0.29, 0.717) is 12.4 Å². The molecule has 1 aliphatic rings. The van der Waals surface area contributed by atoms with Gasteiger partial charge in [0.2, 0.25) is 0 Å². The van der Waals surface area contributed by atoms with E-state index in [1.165, 1.54) is 35.1 Å². The van der Waals surface area contributed by atoms with E-state index < -0.39 is 5.97 Å². The fourth-order valence-corrected chi connectivity index (χ4v) is 4.99. The average molecular weight is 458 g/mol. The summed E-state index contributed by atoms with van der Waals surface area (Å²) in [5, 5.41) is 9.15. The molecule has 1 heterocycles. The van der Waals surface area contributed by atoms with Crippen LogP contribution in [0.2, 0.25) is 0 Å². The Morgan fingerprint density at radius 3 is 2.24 bits per heavy atom. The van der Waals surface area contributed by atoms with Crippen LogP contribution in [0.4, 0.5) is 0 Å². The van der Waals surface area contributed by atoms with Gasteiger partial charge in [0, 0.05) is 18.3 Å². The van der Waals surface area contributed by atoms with Crippen LogP contribution in [0.5, 0.6) is 5.75 Å². The summed E-state index contributed by atoms with van der Waals surface area (Å²) in [6, 6.07) is 17.8. The monoisotopic (exact) mass is 457 g/mol. The molecule has 1 atom stereocenters. The molecule has 178 valence electrons. The normalized spacial score (nSPS) is 16.9. The van der Waals surface area contributed by atoms with Crippen LogP contribution in [0.3, 0.4) is 0 Å². The first kappa shape index (κ1) is 24.0. The van der Waals surface area contributed by atoms with Crippen molar-refractivity contribution in [2.45, 2.75) is 70.1 Å². The van der Waals surface area contributed by atoms with Crippen LogP contribution in [-0.2, 0) is 17.3 Å². The zero-order valence-electron chi connectivity index (χ0n) is 20.7. The third-order valence-electron chi connectivity index (χ3n) is 7.43. The summed E-state index contributed by atoms with van der Waals surface area (Å²) in [5.41, 5.74) is 6.11. The summed E-state index contributed by atoms with van der Waals surface area (Å²) in [7, 11) is 0. The van der Waals surface area contributed by atoms with Gasteiger partial charge in [-0.1, -0.05) is 45.9 Å². The first-order chi connectivity index (χ1) is 16.2. The number of pyridine rings is 1. The van der Waals surface area contributed by atoms with E-state index in [0.717, 1.165) is 12.8 Å². The molecule has 3 aromatic rings. The highest BCUT2D eigenvalue weighted by Gasteiger charge is 2.37. The molecule has 0 aliphatic heterocycles. The highest BCUT2D eigenvalue weighted by Crippen LogP contribution is 2.46. The van der Waals surface area contributed by atoms with Crippen LogP contribution in [0, 0.1) is 0 Å². The number of nitrogens with zero attached hydrogens (tertiary/aromatic N) is 1. The molecule has 2 aromatic carbocycles. The number of benzene rings is 2. The standard InChI is InChI=1S/C30H35NO3/c1-29(2)15-16-30(3,4)27-19-23(9-12-26(27)29)24(6-5-21-13-17-31-18-14-21)20-34-25-10-7-22(8-11-25)28(32)33/h7-14,17-19,24H,5-6,15-16,20H2,1-4H3,(H,32,33). The lowest BCUT2D eigenvalue weighted by Gasteiger charge is -2.42. The summed E-state index contributed by atoms with van der Waals surface area (Å²) in [6.07, 6.45) is 7.97. The van der Waals surface area contributed by atoms with Crippen molar-refractivity contribution in [3.63, 3.8) is 0 Å². The molecular formula is C30H35NO3. The molecule has 0 spiro atoms. The molecule has 1 aromatic heterocycles. The van der Waals surface area contributed by atoms with E-state index in [1.807, 2.05) is 12.4 Å². The van der Waals surface area contributed by atoms with E-state index in [9.17, 15) is 4.79 Å². The van der Waals surface area contributed by atoms with Gasteiger partial charge in [0.25, 0.3) is 0 Å². The van der Waals surface area contributed by atoms with Crippen molar-refractivity contribution in [2.24, 2.45) is 0 Å². The van der Waals surface area contributed by atoms with Gasteiger partial charge in [-0.25, -0.2) is 4.79 Å². The van der Waals surface area contributed by atoms with E-state index in [-0.39, 0.29) is 22.3 Å². The van der Waals surface area contributed by atoms with Gasteiger partial charge >= 0.3 is 5.97 Å². The second-order valence-corrected chi connectivity index (χ2v) is 10.8. The number of carboxylic acid groups (broad SMARTS) is 1. The predicted molar refractivity (Wildman–Crippen MR) is 136 cm³/mol. The van der Waals surface area contributed by atoms with Crippen molar-refractivity contribution in [3.05, 3.63) is 94.8 Å². The number of aromatic nitrogens is 1. The zero-order chi connectivity index (χ0) is 24.3. The van der Waals surface area contributed by atoms with Gasteiger partial charge in [-0.3, -0.25) is 4.98 Å². The SMILES string of the molecule is CC1(C)CCC(C)(C)c2cc(C(CCc3ccncc3)COc3ccc(C(=O)O)cc3)ccc21. The number of aromatic carboxylic acids is 1. The minimum atomic E-state index is -0.929. The molecule has 0 bridgehead atoms. The molecule has 4 nitrogen and oxygen atoms in total. The van der Waals surface area contributed by atoms with Crippen molar-refractivity contribution in [2.75, 3.05) is 6.61 Å². The molecule has 0 saturated heterocycles. The summed E-state index contributed by atoms with van der Waals surface area (Å²) < 4.78 is 6.18. The number of ether oxygens (including phenoxy) is 1. The van der Waals surface area contributed by atoms with E-state index in [2.05, 4.69) is 63.0 Å². The Kier molecular flexibility index (Phi) is 6.79. The van der Waals surface area contributed by atoms with Crippen LogP contribution in [-0.4, -0.2) is 22.7 Å².